The predicted octanol–water partition coefficient (Wildman–Crippen LogP) is 0.925. The molecule has 0 aromatic heterocycles. The van der Waals surface area contributed by atoms with Gasteiger partial charge in [0.05, 0.1) is 12.6 Å². The summed E-state index contributed by atoms with van der Waals surface area (Å²) in [4.78, 5) is 13.7. The maximum atomic E-state index is 11.9. The van der Waals surface area contributed by atoms with Gasteiger partial charge in [0.15, 0.2) is 11.5 Å². The van der Waals surface area contributed by atoms with Crippen molar-refractivity contribution >= 4 is 5.91 Å². The fourth-order valence-electron chi connectivity index (χ4n) is 2.63. The number of carbonyl (C=O) groups excluding carboxylic acids is 1. The molecule has 1 aromatic rings. The van der Waals surface area contributed by atoms with E-state index in [2.05, 4.69) is 12.2 Å². The van der Waals surface area contributed by atoms with Crippen LogP contribution in [0.2, 0.25) is 0 Å². The second-order valence-electron chi connectivity index (χ2n) is 5.12. The number of amides is 1. The van der Waals surface area contributed by atoms with Gasteiger partial charge in [0.25, 0.3) is 0 Å². The van der Waals surface area contributed by atoms with Crippen LogP contribution in [0.25, 0.3) is 0 Å². The summed E-state index contributed by atoms with van der Waals surface area (Å²) in [5.41, 5.74) is 1.10. The Morgan fingerprint density at radius 2 is 2.19 bits per heavy atom. The maximum Gasteiger partial charge on any atom is 0.248 e. The summed E-state index contributed by atoms with van der Waals surface area (Å²) in [5.74, 6) is 1.59. The zero-order valence-corrected chi connectivity index (χ0v) is 12.1. The van der Waals surface area contributed by atoms with Crippen LogP contribution in [0.15, 0.2) is 18.2 Å². The Labute approximate surface area is 124 Å². The first-order valence-corrected chi connectivity index (χ1v) is 7.26. The average Bonchev–Trinajstić information content (AvgIpc) is 2.96. The van der Waals surface area contributed by atoms with Crippen LogP contribution in [-0.2, 0) is 9.53 Å². The minimum Gasteiger partial charge on any atom is -0.454 e. The molecule has 2 heterocycles. The molecule has 1 N–H and O–H groups in total. The van der Waals surface area contributed by atoms with E-state index in [9.17, 15) is 4.79 Å². The van der Waals surface area contributed by atoms with Crippen molar-refractivity contribution in [3.05, 3.63) is 23.8 Å². The van der Waals surface area contributed by atoms with Crippen molar-refractivity contribution in [2.24, 2.45) is 0 Å². The number of likely N-dealkylation sites (N-methyl/N-ethyl adjacent to an activating group) is 1. The first kappa shape index (κ1) is 14.2. The molecule has 21 heavy (non-hydrogen) atoms. The molecule has 114 valence electrons. The monoisotopic (exact) mass is 292 g/mol. The second-order valence-corrected chi connectivity index (χ2v) is 5.12. The highest BCUT2D eigenvalue weighted by molar-refractivity contribution is 5.78. The molecule has 0 bridgehead atoms. The molecule has 0 spiro atoms. The van der Waals surface area contributed by atoms with Crippen LogP contribution in [0.4, 0.5) is 0 Å². The van der Waals surface area contributed by atoms with Gasteiger partial charge in [-0.2, -0.15) is 0 Å². The van der Waals surface area contributed by atoms with Gasteiger partial charge < -0.3 is 24.4 Å². The van der Waals surface area contributed by atoms with E-state index in [0.717, 1.165) is 23.6 Å². The van der Waals surface area contributed by atoms with Crippen LogP contribution in [0.5, 0.6) is 11.5 Å². The SMILES string of the molecule is CCNC(CN1CCOCC1=O)c1ccc2c(c1)OCO2. The molecule has 6 nitrogen and oxygen atoms in total. The van der Waals surface area contributed by atoms with Gasteiger partial charge in [-0.15, -0.1) is 0 Å². The number of fused-ring (bicyclic) bond motifs is 1. The Hall–Kier alpha value is -1.79. The van der Waals surface area contributed by atoms with Crippen LogP contribution in [0, 0.1) is 0 Å². The number of nitrogens with one attached hydrogen (secondary N) is 1. The first-order chi connectivity index (χ1) is 10.3. The van der Waals surface area contributed by atoms with Crippen molar-refractivity contribution < 1.29 is 19.0 Å². The smallest absolute Gasteiger partial charge is 0.248 e. The molecule has 3 rings (SSSR count). The molecule has 2 aliphatic rings. The van der Waals surface area contributed by atoms with E-state index in [0.29, 0.717) is 19.7 Å². The van der Waals surface area contributed by atoms with Crippen LogP contribution >= 0.6 is 0 Å². The molecule has 0 saturated carbocycles. The Bertz CT molecular complexity index is 520. The van der Waals surface area contributed by atoms with E-state index in [1.807, 2.05) is 23.1 Å². The fourth-order valence-corrected chi connectivity index (χ4v) is 2.63. The van der Waals surface area contributed by atoms with Gasteiger partial charge in [-0.25, -0.2) is 0 Å². The Morgan fingerprint density at radius 1 is 1.33 bits per heavy atom. The van der Waals surface area contributed by atoms with Crippen LogP contribution in [-0.4, -0.2) is 50.4 Å². The quantitative estimate of drug-likeness (QED) is 0.874. The lowest BCUT2D eigenvalue weighted by atomic mass is 10.1. The predicted molar refractivity (Wildman–Crippen MR) is 76.4 cm³/mol. The van der Waals surface area contributed by atoms with E-state index in [1.54, 1.807) is 0 Å². The summed E-state index contributed by atoms with van der Waals surface area (Å²) in [5, 5.41) is 3.43. The summed E-state index contributed by atoms with van der Waals surface area (Å²) in [6.07, 6.45) is 0. The van der Waals surface area contributed by atoms with E-state index >= 15 is 0 Å². The molecule has 2 aliphatic heterocycles. The third-order valence-electron chi connectivity index (χ3n) is 3.74. The number of ether oxygens (including phenoxy) is 3. The lowest BCUT2D eigenvalue weighted by molar-refractivity contribution is -0.143. The normalized spacial score (nSPS) is 18.9. The molecule has 1 saturated heterocycles. The molecule has 0 radical (unpaired) electrons. The molecular formula is C15H20N2O4. The van der Waals surface area contributed by atoms with E-state index < -0.39 is 0 Å². The molecule has 1 fully saturated rings. The van der Waals surface area contributed by atoms with Crippen molar-refractivity contribution in [1.82, 2.24) is 10.2 Å². The van der Waals surface area contributed by atoms with Gasteiger partial charge in [0, 0.05) is 13.1 Å². The van der Waals surface area contributed by atoms with Gasteiger partial charge in [0.2, 0.25) is 12.7 Å². The van der Waals surface area contributed by atoms with Crippen molar-refractivity contribution in [2.45, 2.75) is 13.0 Å². The Kier molecular flexibility index (Phi) is 4.26. The van der Waals surface area contributed by atoms with Gasteiger partial charge in [-0.05, 0) is 24.2 Å². The highest BCUT2D eigenvalue weighted by Gasteiger charge is 2.24. The van der Waals surface area contributed by atoms with Crippen molar-refractivity contribution in [3.63, 3.8) is 0 Å². The number of rotatable bonds is 5. The van der Waals surface area contributed by atoms with Crippen LogP contribution in [0.3, 0.4) is 0 Å². The first-order valence-electron chi connectivity index (χ1n) is 7.26. The summed E-state index contributed by atoms with van der Waals surface area (Å²) >= 11 is 0. The van der Waals surface area contributed by atoms with E-state index in [4.69, 9.17) is 14.2 Å². The van der Waals surface area contributed by atoms with Crippen LogP contribution in [0.1, 0.15) is 18.5 Å². The number of benzene rings is 1. The second kappa shape index (κ2) is 6.32. The number of hydrogen-bond donors (Lipinski definition) is 1. The minimum atomic E-state index is 0.0462. The maximum absolute atomic E-state index is 11.9. The summed E-state index contributed by atoms with van der Waals surface area (Å²) in [6, 6.07) is 6.00. The Morgan fingerprint density at radius 3 is 3.00 bits per heavy atom. The lowest BCUT2D eigenvalue weighted by Gasteiger charge is -2.31. The van der Waals surface area contributed by atoms with Gasteiger partial charge in [0.1, 0.15) is 6.61 Å². The van der Waals surface area contributed by atoms with E-state index in [1.165, 1.54) is 0 Å². The zero-order valence-electron chi connectivity index (χ0n) is 12.1. The molecule has 1 atom stereocenters. The summed E-state index contributed by atoms with van der Waals surface area (Å²) in [7, 11) is 0. The number of nitrogens with zero attached hydrogens (tertiary/aromatic N) is 1. The summed E-state index contributed by atoms with van der Waals surface area (Å²) < 4.78 is 15.9. The van der Waals surface area contributed by atoms with Crippen molar-refractivity contribution in [2.75, 3.05) is 39.6 Å². The molecule has 1 amide bonds. The number of hydrogen-bond acceptors (Lipinski definition) is 5. The van der Waals surface area contributed by atoms with Gasteiger partial charge in [-0.3, -0.25) is 4.79 Å². The fraction of sp³-hybridized carbons (Fsp3) is 0.533. The third kappa shape index (κ3) is 3.11. The highest BCUT2D eigenvalue weighted by atomic mass is 16.7. The zero-order chi connectivity index (χ0) is 14.7. The van der Waals surface area contributed by atoms with Crippen molar-refractivity contribution in [3.8, 4) is 11.5 Å². The highest BCUT2D eigenvalue weighted by Crippen LogP contribution is 2.34. The third-order valence-corrected chi connectivity index (χ3v) is 3.74. The molecule has 6 heteroatoms. The number of morpholine rings is 1. The molecular weight excluding hydrogens is 272 g/mol. The largest absolute Gasteiger partial charge is 0.454 e. The standard InChI is InChI=1S/C15H20N2O4/c1-2-16-12(8-17-5-6-19-9-15(17)18)11-3-4-13-14(7-11)21-10-20-13/h3-4,7,12,16H,2,5-6,8-10H2,1H3. The van der Waals surface area contributed by atoms with Crippen LogP contribution < -0.4 is 14.8 Å². The average molecular weight is 292 g/mol. The number of carbonyl (C=O) groups is 1. The van der Waals surface area contributed by atoms with Gasteiger partial charge >= 0.3 is 0 Å². The van der Waals surface area contributed by atoms with E-state index in [-0.39, 0.29) is 25.3 Å². The minimum absolute atomic E-state index is 0.0462. The molecule has 0 aliphatic carbocycles. The lowest BCUT2D eigenvalue weighted by Crippen LogP contribution is -2.45. The van der Waals surface area contributed by atoms with Gasteiger partial charge in [-0.1, -0.05) is 13.0 Å². The molecule has 1 aromatic carbocycles. The van der Waals surface area contributed by atoms with Crippen molar-refractivity contribution in [1.29, 1.82) is 0 Å². The molecule has 1 unspecified atom stereocenters. The summed E-state index contributed by atoms with van der Waals surface area (Å²) in [6.45, 7) is 5.22. The Balaban J connectivity index is 1.75. The topological polar surface area (TPSA) is 60.0 Å².